The van der Waals surface area contributed by atoms with E-state index in [0.29, 0.717) is 0 Å². The average Bonchev–Trinajstić information content (AvgIpc) is 3.09. The Labute approximate surface area is 191 Å². The SMILES string of the molecule is CCNC(=NCCCc1cnn(C)c1)NCCc1cccc(C(=O)N(C)C)c1.I. The summed E-state index contributed by atoms with van der Waals surface area (Å²) >= 11 is 0. The van der Waals surface area contributed by atoms with Crippen LogP contribution in [0.5, 0.6) is 0 Å². The van der Waals surface area contributed by atoms with Crippen molar-refractivity contribution in [1.29, 1.82) is 0 Å². The van der Waals surface area contributed by atoms with E-state index in [4.69, 9.17) is 0 Å². The van der Waals surface area contributed by atoms with Crippen LogP contribution in [-0.4, -0.2) is 60.3 Å². The molecule has 0 saturated heterocycles. The van der Waals surface area contributed by atoms with Crippen LogP contribution in [0.2, 0.25) is 0 Å². The van der Waals surface area contributed by atoms with Crippen molar-refractivity contribution >= 4 is 35.8 Å². The van der Waals surface area contributed by atoms with Crippen LogP contribution in [0.1, 0.15) is 34.8 Å². The predicted octanol–water partition coefficient (Wildman–Crippen LogP) is 2.47. The van der Waals surface area contributed by atoms with Crippen molar-refractivity contribution in [3.8, 4) is 0 Å². The molecule has 0 radical (unpaired) electrons. The molecule has 0 aliphatic carbocycles. The molecule has 1 heterocycles. The fourth-order valence-corrected chi connectivity index (χ4v) is 2.86. The molecule has 0 saturated carbocycles. The quantitative estimate of drug-likeness (QED) is 0.234. The largest absolute Gasteiger partial charge is 0.357 e. The van der Waals surface area contributed by atoms with Crippen LogP contribution >= 0.6 is 24.0 Å². The monoisotopic (exact) mass is 512 g/mol. The number of hydrogen-bond donors (Lipinski definition) is 2. The van der Waals surface area contributed by atoms with E-state index in [9.17, 15) is 4.79 Å². The van der Waals surface area contributed by atoms with Crippen molar-refractivity contribution in [1.82, 2.24) is 25.3 Å². The second kappa shape index (κ2) is 13.2. The number of guanidine groups is 1. The van der Waals surface area contributed by atoms with Crippen LogP contribution in [0.15, 0.2) is 41.7 Å². The lowest BCUT2D eigenvalue weighted by Gasteiger charge is -2.13. The van der Waals surface area contributed by atoms with Gasteiger partial charge in [0.1, 0.15) is 0 Å². The van der Waals surface area contributed by atoms with Crippen molar-refractivity contribution in [3.63, 3.8) is 0 Å². The standard InChI is InChI=1S/C21H32N6O.HI/c1-5-22-21(23-12-7-9-18-15-25-27(4)16-18)24-13-11-17-8-6-10-19(14-17)20(28)26(2)3;/h6,8,10,14-16H,5,7,9,11-13H2,1-4H3,(H2,22,23,24);1H. The Morgan fingerprint density at radius 3 is 2.66 bits per heavy atom. The smallest absolute Gasteiger partial charge is 0.253 e. The Morgan fingerprint density at radius 2 is 2.00 bits per heavy atom. The predicted molar refractivity (Wildman–Crippen MR) is 129 cm³/mol. The first-order valence-electron chi connectivity index (χ1n) is 9.80. The fraction of sp³-hybridized carbons (Fsp3) is 0.476. The Bertz CT molecular complexity index is 787. The number of nitrogens with zero attached hydrogens (tertiary/aromatic N) is 4. The Morgan fingerprint density at radius 1 is 1.21 bits per heavy atom. The molecule has 2 N–H and O–H groups in total. The Balaban J connectivity index is 0.00000420. The summed E-state index contributed by atoms with van der Waals surface area (Å²) in [4.78, 5) is 18.3. The van der Waals surface area contributed by atoms with Crippen LogP contribution in [0.3, 0.4) is 0 Å². The van der Waals surface area contributed by atoms with Crippen molar-refractivity contribution in [2.24, 2.45) is 12.0 Å². The Hall–Kier alpha value is -2.10. The van der Waals surface area contributed by atoms with Gasteiger partial charge in [-0.1, -0.05) is 12.1 Å². The second-order valence-corrected chi connectivity index (χ2v) is 6.96. The number of halogens is 1. The van der Waals surface area contributed by atoms with E-state index in [-0.39, 0.29) is 29.9 Å². The third-order valence-electron chi connectivity index (χ3n) is 4.28. The highest BCUT2D eigenvalue weighted by Gasteiger charge is 2.08. The zero-order valence-electron chi connectivity index (χ0n) is 17.8. The van der Waals surface area contributed by atoms with Crippen LogP contribution in [0.25, 0.3) is 0 Å². The summed E-state index contributed by atoms with van der Waals surface area (Å²) in [5.74, 6) is 0.854. The maximum Gasteiger partial charge on any atom is 0.253 e. The van der Waals surface area contributed by atoms with Gasteiger partial charge in [0, 0.05) is 52.5 Å². The van der Waals surface area contributed by atoms with Gasteiger partial charge in [-0.3, -0.25) is 14.5 Å². The van der Waals surface area contributed by atoms with Crippen molar-refractivity contribution < 1.29 is 4.79 Å². The molecule has 1 aromatic heterocycles. The van der Waals surface area contributed by atoms with Gasteiger partial charge in [0.25, 0.3) is 5.91 Å². The molecule has 0 fully saturated rings. The summed E-state index contributed by atoms with van der Waals surface area (Å²) < 4.78 is 1.82. The number of aromatic nitrogens is 2. The molecule has 1 amide bonds. The highest BCUT2D eigenvalue weighted by molar-refractivity contribution is 14.0. The van der Waals surface area contributed by atoms with E-state index in [1.54, 1.807) is 19.0 Å². The minimum Gasteiger partial charge on any atom is -0.357 e. The highest BCUT2D eigenvalue weighted by atomic mass is 127. The van der Waals surface area contributed by atoms with Gasteiger partial charge in [0.15, 0.2) is 5.96 Å². The maximum atomic E-state index is 12.1. The molecule has 0 atom stereocenters. The van der Waals surface area contributed by atoms with Crippen molar-refractivity contribution in [2.45, 2.75) is 26.2 Å². The van der Waals surface area contributed by atoms with Gasteiger partial charge in [0.05, 0.1) is 6.20 Å². The molecular weight excluding hydrogens is 479 g/mol. The lowest BCUT2D eigenvalue weighted by atomic mass is 10.1. The van der Waals surface area contributed by atoms with Crippen molar-refractivity contribution in [3.05, 3.63) is 53.3 Å². The van der Waals surface area contributed by atoms with Gasteiger partial charge in [-0.25, -0.2) is 0 Å². The molecule has 0 spiro atoms. The summed E-state index contributed by atoms with van der Waals surface area (Å²) in [5, 5.41) is 10.8. The van der Waals surface area contributed by atoms with Crippen LogP contribution in [0, 0.1) is 0 Å². The number of hydrogen-bond acceptors (Lipinski definition) is 3. The van der Waals surface area contributed by atoms with Gasteiger partial charge in [0.2, 0.25) is 0 Å². The number of nitrogens with one attached hydrogen (secondary N) is 2. The fourth-order valence-electron chi connectivity index (χ4n) is 2.86. The molecule has 0 unspecified atom stereocenters. The molecule has 1 aromatic carbocycles. The summed E-state index contributed by atoms with van der Waals surface area (Å²) in [6, 6.07) is 7.80. The molecule has 0 aliphatic rings. The number of carbonyl (C=O) groups is 1. The normalized spacial score (nSPS) is 11.0. The van der Waals surface area contributed by atoms with E-state index < -0.39 is 0 Å². The zero-order valence-corrected chi connectivity index (χ0v) is 20.1. The number of rotatable bonds is 9. The van der Waals surface area contributed by atoms with Gasteiger partial charge in [-0.15, -0.1) is 24.0 Å². The molecule has 8 heteroatoms. The van der Waals surface area contributed by atoms with Crippen LogP contribution in [-0.2, 0) is 19.9 Å². The molecule has 160 valence electrons. The highest BCUT2D eigenvalue weighted by Crippen LogP contribution is 2.07. The summed E-state index contributed by atoms with van der Waals surface area (Å²) in [7, 11) is 5.47. The van der Waals surface area contributed by atoms with Crippen LogP contribution < -0.4 is 10.6 Å². The van der Waals surface area contributed by atoms with Crippen molar-refractivity contribution in [2.75, 3.05) is 33.7 Å². The molecule has 0 bridgehead atoms. The number of benzene rings is 1. The minimum absolute atomic E-state index is 0. The third kappa shape index (κ3) is 8.84. The number of aryl methyl sites for hydroxylation is 2. The summed E-state index contributed by atoms with van der Waals surface area (Å²) in [6.45, 7) is 4.40. The van der Waals surface area contributed by atoms with Gasteiger partial charge >= 0.3 is 0 Å². The second-order valence-electron chi connectivity index (χ2n) is 6.96. The first-order chi connectivity index (χ1) is 13.5. The molecule has 2 aromatic rings. The lowest BCUT2D eigenvalue weighted by molar-refractivity contribution is 0.0827. The zero-order chi connectivity index (χ0) is 20.4. The van der Waals surface area contributed by atoms with E-state index >= 15 is 0 Å². The first-order valence-corrected chi connectivity index (χ1v) is 9.80. The lowest BCUT2D eigenvalue weighted by Crippen LogP contribution is -2.38. The summed E-state index contributed by atoms with van der Waals surface area (Å²) in [5.41, 5.74) is 3.09. The van der Waals surface area contributed by atoms with Gasteiger partial charge in [-0.2, -0.15) is 5.10 Å². The van der Waals surface area contributed by atoms with Gasteiger partial charge in [-0.05, 0) is 49.4 Å². The van der Waals surface area contributed by atoms with E-state index in [0.717, 1.165) is 56.0 Å². The Kier molecular flexibility index (Phi) is 11.3. The third-order valence-corrected chi connectivity index (χ3v) is 4.28. The minimum atomic E-state index is 0. The topological polar surface area (TPSA) is 74.5 Å². The molecule has 2 rings (SSSR count). The summed E-state index contributed by atoms with van der Waals surface area (Å²) in [6.07, 6.45) is 6.74. The first kappa shape index (κ1) is 24.9. The average molecular weight is 512 g/mol. The van der Waals surface area contributed by atoms with E-state index in [1.807, 2.05) is 48.4 Å². The molecule has 29 heavy (non-hydrogen) atoms. The molecular formula is C21H33IN6O. The molecule has 7 nitrogen and oxygen atoms in total. The van der Waals surface area contributed by atoms with E-state index in [1.165, 1.54) is 5.56 Å². The van der Waals surface area contributed by atoms with Crippen LogP contribution in [0.4, 0.5) is 0 Å². The maximum absolute atomic E-state index is 12.1. The van der Waals surface area contributed by atoms with Gasteiger partial charge < -0.3 is 15.5 Å². The van der Waals surface area contributed by atoms with E-state index in [2.05, 4.69) is 27.6 Å². The number of amides is 1. The molecule has 0 aliphatic heterocycles. The number of aliphatic imine (C=N–C) groups is 1. The number of carbonyl (C=O) groups excluding carboxylic acids is 1.